The van der Waals surface area contributed by atoms with Gasteiger partial charge in [-0.3, -0.25) is 4.79 Å². The van der Waals surface area contributed by atoms with Crippen LogP contribution < -0.4 is 10.9 Å². The van der Waals surface area contributed by atoms with E-state index >= 15 is 0 Å². The molecule has 116 valence electrons. The quantitative estimate of drug-likeness (QED) is 0.894. The third-order valence-electron chi connectivity index (χ3n) is 4.99. The predicted molar refractivity (Wildman–Crippen MR) is 83.8 cm³/mol. The van der Waals surface area contributed by atoms with Crippen LogP contribution in [0.1, 0.15) is 25.7 Å². The van der Waals surface area contributed by atoms with E-state index in [-0.39, 0.29) is 5.56 Å². The Morgan fingerprint density at radius 1 is 1.29 bits per heavy atom. The van der Waals surface area contributed by atoms with Crippen molar-refractivity contribution >= 4 is 5.69 Å². The minimum Gasteiger partial charge on any atom is -0.383 e. The Hall–Kier alpha value is -1.33. The van der Waals surface area contributed by atoms with Gasteiger partial charge in [-0.25, -0.2) is 0 Å². The lowest BCUT2D eigenvalue weighted by molar-refractivity contribution is 0.169. The van der Waals surface area contributed by atoms with E-state index in [1.807, 2.05) is 12.3 Å². The van der Waals surface area contributed by atoms with Crippen LogP contribution in [-0.2, 0) is 11.3 Å². The van der Waals surface area contributed by atoms with E-state index in [0.29, 0.717) is 19.2 Å². The molecule has 0 aromatic carbocycles. The van der Waals surface area contributed by atoms with Crippen molar-refractivity contribution in [2.75, 3.05) is 26.1 Å². The zero-order valence-corrected chi connectivity index (χ0v) is 12.9. The van der Waals surface area contributed by atoms with Gasteiger partial charge in [-0.05, 0) is 38.8 Å². The topological polar surface area (TPSA) is 46.5 Å². The summed E-state index contributed by atoms with van der Waals surface area (Å²) in [5.74, 6) is 0. The first-order valence-electron chi connectivity index (χ1n) is 7.85. The molecule has 5 heteroatoms. The van der Waals surface area contributed by atoms with Crippen LogP contribution in [0.2, 0.25) is 0 Å². The van der Waals surface area contributed by atoms with Crippen LogP contribution >= 0.6 is 0 Å². The van der Waals surface area contributed by atoms with E-state index in [4.69, 9.17) is 4.74 Å². The molecule has 5 nitrogen and oxygen atoms in total. The van der Waals surface area contributed by atoms with Crippen LogP contribution in [0.25, 0.3) is 0 Å². The molecule has 2 atom stereocenters. The number of piperidine rings is 1. The number of hydrogen-bond donors (Lipinski definition) is 1. The Labute approximate surface area is 125 Å². The van der Waals surface area contributed by atoms with Gasteiger partial charge in [0.1, 0.15) is 0 Å². The van der Waals surface area contributed by atoms with Crippen LogP contribution in [0, 0.1) is 0 Å². The minimum atomic E-state index is 0.0287. The van der Waals surface area contributed by atoms with Crippen molar-refractivity contribution in [2.45, 2.75) is 50.4 Å². The van der Waals surface area contributed by atoms with Gasteiger partial charge in [0.15, 0.2) is 0 Å². The molecule has 2 unspecified atom stereocenters. The van der Waals surface area contributed by atoms with Crippen molar-refractivity contribution in [3.05, 3.63) is 28.7 Å². The fourth-order valence-corrected chi connectivity index (χ4v) is 3.75. The van der Waals surface area contributed by atoms with Crippen LogP contribution in [0.4, 0.5) is 5.69 Å². The molecule has 0 amide bonds. The van der Waals surface area contributed by atoms with Gasteiger partial charge in [-0.1, -0.05) is 0 Å². The van der Waals surface area contributed by atoms with Gasteiger partial charge in [-0.15, -0.1) is 0 Å². The molecule has 2 fully saturated rings. The van der Waals surface area contributed by atoms with Crippen molar-refractivity contribution in [1.29, 1.82) is 0 Å². The molecule has 3 heterocycles. The smallest absolute Gasteiger partial charge is 0.250 e. The number of nitrogens with one attached hydrogen (secondary N) is 1. The van der Waals surface area contributed by atoms with Crippen molar-refractivity contribution in [3.63, 3.8) is 0 Å². The highest BCUT2D eigenvalue weighted by atomic mass is 16.5. The number of fused-ring (bicyclic) bond motifs is 2. The highest BCUT2D eigenvalue weighted by Gasteiger charge is 2.38. The van der Waals surface area contributed by atoms with E-state index < -0.39 is 0 Å². The molecule has 1 N–H and O–H groups in total. The Bertz CT molecular complexity index is 529. The molecule has 0 aliphatic carbocycles. The molecule has 21 heavy (non-hydrogen) atoms. The number of nitrogens with zero attached hydrogens (tertiary/aromatic N) is 2. The first-order valence-corrected chi connectivity index (χ1v) is 7.85. The number of hydrogen-bond acceptors (Lipinski definition) is 4. The lowest BCUT2D eigenvalue weighted by Gasteiger charge is -2.37. The lowest BCUT2D eigenvalue weighted by Crippen LogP contribution is -2.44. The normalized spacial score (nSPS) is 28.8. The van der Waals surface area contributed by atoms with Crippen molar-refractivity contribution in [3.8, 4) is 0 Å². The Kier molecular flexibility index (Phi) is 4.31. The second-order valence-corrected chi connectivity index (χ2v) is 6.31. The van der Waals surface area contributed by atoms with Gasteiger partial charge in [-0.2, -0.15) is 0 Å². The third kappa shape index (κ3) is 3.14. The maximum Gasteiger partial charge on any atom is 0.250 e. The summed E-state index contributed by atoms with van der Waals surface area (Å²) in [6.45, 7) is 1.16. The highest BCUT2D eigenvalue weighted by molar-refractivity contribution is 5.41. The Morgan fingerprint density at radius 2 is 2.00 bits per heavy atom. The summed E-state index contributed by atoms with van der Waals surface area (Å²) in [5.41, 5.74) is 1.07. The largest absolute Gasteiger partial charge is 0.383 e. The summed E-state index contributed by atoms with van der Waals surface area (Å²) < 4.78 is 6.77. The number of pyridine rings is 1. The molecule has 2 bridgehead atoms. The summed E-state index contributed by atoms with van der Waals surface area (Å²) in [7, 11) is 3.91. The predicted octanol–water partition coefficient (Wildman–Crippen LogP) is 1.53. The first-order chi connectivity index (χ1) is 10.2. The summed E-state index contributed by atoms with van der Waals surface area (Å²) in [5, 5.41) is 3.62. The van der Waals surface area contributed by atoms with Gasteiger partial charge < -0.3 is 19.5 Å². The summed E-state index contributed by atoms with van der Waals surface area (Å²) in [6, 6.07) is 5.50. The van der Waals surface area contributed by atoms with Crippen molar-refractivity contribution < 1.29 is 4.74 Å². The zero-order valence-electron chi connectivity index (χ0n) is 12.9. The monoisotopic (exact) mass is 291 g/mol. The maximum absolute atomic E-state index is 11.8. The van der Waals surface area contributed by atoms with Crippen molar-refractivity contribution in [1.82, 2.24) is 9.47 Å². The molecular weight excluding hydrogens is 266 g/mol. The van der Waals surface area contributed by atoms with E-state index in [2.05, 4.69) is 17.3 Å². The number of aromatic nitrogens is 1. The molecule has 2 aliphatic heterocycles. The fourth-order valence-electron chi connectivity index (χ4n) is 3.75. The molecule has 2 aliphatic rings. The van der Waals surface area contributed by atoms with Gasteiger partial charge in [0.05, 0.1) is 12.3 Å². The molecule has 0 saturated carbocycles. The summed E-state index contributed by atoms with van der Waals surface area (Å²) in [4.78, 5) is 14.3. The van der Waals surface area contributed by atoms with Gasteiger partial charge in [0.25, 0.3) is 5.56 Å². The SMILES string of the molecule is COCCn1cc(NC2CC3CCC(C2)N3C)ccc1=O. The first kappa shape index (κ1) is 14.6. The van der Waals surface area contributed by atoms with Crippen LogP contribution in [0.5, 0.6) is 0 Å². The Morgan fingerprint density at radius 3 is 2.67 bits per heavy atom. The molecule has 1 aromatic heterocycles. The minimum absolute atomic E-state index is 0.0287. The second kappa shape index (κ2) is 6.20. The second-order valence-electron chi connectivity index (χ2n) is 6.31. The van der Waals surface area contributed by atoms with Crippen LogP contribution in [0.3, 0.4) is 0 Å². The average Bonchev–Trinajstić information content (AvgIpc) is 2.70. The van der Waals surface area contributed by atoms with Gasteiger partial charge in [0.2, 0.25) is 0 Å². The molecule has 0 spiro atoms. The van der Waals surface area contributed by atoms with Gasteiger partial charge in [0, 0.05) is 44.0 Å². The third-order valence-corrected chi connectivity index (χ3v) is 4.99. The standard InChI is InChI=1S/C16H25N3O2/c1-18-14-4-5-15(18)10-13(9-14)17-12-3-6-16(20)19(11-12)7-8-21-2/h3,6,11,13-15,17H,4-5,7-10H2,1-2H3. The van der Waals surface area contributed by atoms with E-state index in [9.17, 15) is 4.79 Å². The molecule has 0 radical (unpaired) electrons. The van der Waals surface area contributed by atoms with E-state index in [1.165, 1.54) is 25.7 Å². The summed E-state index contributed by atoms with van der Waals surface area (Å²) in [6.07, 6.45) is 6.97. The molecule has 3 rings (SSSR count). The number of ether oxygens (including phenoxy) is 1. The zero-order chi connectivity index (χ0) is 14.8. The maximum atomic E-state index is 11.8. The van der Waals surface area contributed by atoms with Crippen LogP contribution in [0.15, 0.2) is 23.1 Å². The van der Waals surface area contributed by atoms with E-state index in [1.54, 1.807) is 17.7 Å². The number of anilines is 1. The van der Waals surface area contributed by atoms with Gasteiger partial charge >= 0.3 is 0 Å². The molecular formula is C16H25N3O2. The van der Waals surface area contributed by atoms with Crippen molar-refractivity contribution in [2.24, 2.45) is 0 Å². The van der Waals surface area contributed by atoms with Crippen LogP contribution in [-0.4, -0.2) is 48.4 Å². The fraction of sp³-hybridized carbons (Fsp3) is 0.688. The summed E-state index contributed by atoms with van der Waals surface area (Å²) >= 11 is 0. The number of methoxy groups -OCH3 is 1. The average molecular weight is 291 g/mol. The molecule has 2 saturated heterocycles. The molecule has 1 aromatic rings. The number of rotatable bonds is 5. The lowest BCUT2D eigenvalue weighted by atomic mass is 9.98. The highest BCUT2D eigenvalue weighted by Crippen LogP contribution is 2.35. The Balaban J connectivity index is 1.66. The van der Waals surface area contributed by atoms with E-state index in [0.717, 1.165) is 17.8 Å².